The zero-order chi connectivity index (χ0) is 12.0. The minimum Gasteiger partial charge on any atom is -0.384 e. The molecule has 2 nitrogen and oxygen atoms in total. The zero-order valence-corrected chi connectivity index (χ0v) is 11.0. The largest absolute Gasteiger partial charge is 0.384 e. The maximum absolute atomic E-state index is 8.94. The number of rotatable bonds is 5. The van der Waals surface area contributed by atoms with Crippen LogP contribution in [-0.2, 0) is 0 Å². The van der Waals surface area contributed by atoms with Gasteiger partial charge in [0.15, 0.2) is 0 Å². The summed E-state index contributed by atoms with van der Waals surface area (Å²) in [6, 6.07) is 7.42. The first kappa shape index (κ1) is 13.2. The van der Waals surface area contributed by atoms with E-state index in [0.717, 1.165) is 18.0 Å². The molecule has 0 saturated heterocycles. The van der Waals surface area contributed by atoms with E-state index in [4.69, 9.17) is 16.9 Å². The van der Waals surface area contributed by atoms with Gasteiger partial charge in [0.2, 0.25) is 0 Å². The summed E-state index contributed by atoms with van der Waals surface area (Å²) in [6.45, 7) is 3.04. The van der Waals surface area contributed by atoms with Crippen LogP contribution in [0.1, 0.15) is 12.5 Å². The van der Waals surface area contributed by atoms with Crippen molar-refractivity contribution in [2.45, 2.75) is 6.92 Å². The van der Waals surface area contributed by atoms with Gasteiger partial charge in [-0.1, -0.05) is 18.5 Å². The minimum absolute atomic E-state index is 0.570. The second kappa shape index (κ2) is 6.67. The molecule has 0 aromatic heterocycles. The molecule has 0 saturated carbocycles. The standard InChI is InChI=1S/C12H15ClN2S/c1-9(8-16-2)7-15-12-5-11(13)4-3-10(12)6-14/h3-5,9,15H,7-8H2,1-2H3. The second-order valence-electron chi connectivity index (χ2n) is 3.74. The van der Waals surface area contributed by atoms with E-state index in [0.29, 0.717) is 16.5 Å². The summed E-state index contributed by atoms with van der Waals surface area (Å²) in [5.74, 6) is 1.68. The van der Waals surface area contributed by atoms with Crippen molar-refractivity contribution in [1.82, 2.24) is 0 Å². The Morgan fingerprint density at radius 2 is 2.31 bits per heavy atom. The van der Waals surface area contributed by atoms with Crippen LogP contribution in [0.15, 0.2) is 18.2 Å². The molecule has 86 valence electrons. The van der Waals surface area contributed by atoms with Crippen LogP contribution in [0.4, 0.5) is 5.69 Å². The van der Waals surface area contributed by atoms with Crippen LogP contribution >= 0.6 is 23.4 Å². The number of anilines is 1. The predicted octanol–water partition coefficient (Wildman–Crippen LogP) is 3.62. The average Bonchev–Trinajstić information content (AvgIpc) is 2.27. The first-order chi connectivity index (χ1) is 7.67. The molecule has 0 aliphatic rings. The van der Waals surface area contributed by atoms with Crippen molar-refractivity contribution >= 4 is 29.1 Å². The third-order valence-electron chi connectivity index (χ3n) is 2.19. The first-order valence-corrected chi connectivity index (χ1v) is 6.87. The number of nitrogens with one attached hydrogen (secondary N) is 1. The van der Waals surface area contributed by atoms with Crippen molar-refractivity contribution in [3.05, 3.63) is 28.8 Å². The van der Waals surface area contributed by atoms with Crippen LogP contribution in [0.25, 0.3) is 0 Å². The maximum Gasteiger partial charge on any atom is 0.101 e. The third-order valence-corrected chi connectivity index (χ3v) is 3.33. The Labute approximate surface area is 106 Å². The normalized spacial score (nSPS) is 11.9. The number of thioether (sulfide) groups is 1. The number of hydrogen-bond acceptors (Lipinski definition) is 3. The highest BCUT2D eigenvalue weighted by atomic mass is 35.5. The quantitative estimate of drug-likeness (QED) is 0.872. The molecule has 1 aromatic carbocycles. The lowest BCUT2D eigenvalue weighted by Crippen LogP contribution is -2.13. The van der Waals surface area contributed by atoms with Crippen molar-refractivity contribution in [2.75, 3.05) is 23.9 Å². The van der Waals surface area contributed by atoms with E-state index >= 15 is 0 Å². The maximum atomic E-state index is 8.94. The predicted molar refractivity (Wildman–Crippen MR) is 72.2 cm³/mol. The highest BCUT2D eigenvalue weighted by Gasteiger charge is 2.05. The molecule has 0 aliphatic carbocycles. The molecular weight excluding hydrogens is 240 g/mol. The van der Waals surface area contributed by atoms with E-state index in [9.17, 15) is 0 Å². The molecule has 1 unspecified atom stereocenters. The Kier molecular flexibility index (Phi) is 5.51. The highest BCUT2D eigenvalue weighted by molar-refractivity contribution is 7.98. The molecule has 16 heavy (non-hydrogen) atoms. The molecule has 1 rings (SSSR count). The Bertz CT molecular complexity index is 387. The van der Waals surface area contributed by atoms with E-state index in [1.54, 1.807) is 18.2 Å². The molecule has 0 spiro atoms. The van der Waals surface area contributed by atoms with E-state index < -0.39 is 0 Å². The fourth-order valence-electron chi connectivity index (χ4n) is 1.39. The highest BCUT2D eigenvalue weighted by Crippen LogP contribution is 2.20. The zero-order valence-electron chi connectivity index (χ0n) is 9.46. The second-order valence-corrected chi connectivity index (χ2v) is 5.09. The number of hydrogen-bond donors (Lipinski definition) is 1. The SMILES string of the molecule is CSCC(C)CNc1cc(Cl)ccc1C#N. The molecular formula is C12H15ClN2S. The van der Waals surface area contributed by atoms with E-state index in [1.165, 1.54) is 0 Å². The molecule has 0 bridgehead atoms. The van der Waals surface area contributed by atoms with Crippen LogP contribution in [0.3, 0.4) is 0 Å². The number of nitrogens with zero attached hydrogens (tertiary/aromatic N) is 1. The summed E-state index contributed by atoms with van der Waals surface area (Å²) in [7, 11) is 0. The fourth-order valence-corrected chi connectivity index (χ4v) is 2.25. The van der Waals surface area contributed by atoms with Crippen LogP contribution in [0.5, 0.6) is 0 Å². The monoisotopic (exact) mass is 254 g/mol. The minimum atomic E-state index is 0.570. The lowest BCUT2D eigenvalue weighted by Gasteiger charge is -2.13. The smallest absolute Gasteiger partial charge is 0.101 e. The van der Waals surface area contributed by atoms with Crippen LogP contribution < -0.4 is 5.32 Å². The topological polar surface area (TPSA) is 35.8 Å². The lowest BCUT2D eigenvalue weighted by atomic mass is 10.1. The summed E-state index contributed by atoms with van der Waals surface area (Å²) in [5.41, 5.74) is 1.46. The van der Waals surface area contributed by atoms with Crippen molar-refractivity contribution < 1.29 is 0 Å². The molecule has 0 heterocycles. The first-order valence-electron chi connectivity index (χ1n) is 5.09. The van der Waals surface area contributed by atoms with Gasteiger partial charge in [0.1, 0.15) is 6.07 Å². The summed E-state index contributed by atoms with van der Waals surface area (Å²) in [4.78, 5) is 0. The Hall–Kier alpha value is -0.850. The average molecular weight is 255 g/mol. The van der Waals surface area contributed by atoms with Gasteiger partial charge in [0, 0.05) is 11.6 Å². The number of benzene rings is 1. The molecule has 1 N–H and O–H groups in total. The van der Waals surface area contributed by atoms with Gasteiger partial charge in [-0.25, -0.2) is 0 Å². The van der Waals surface area contributed by atoms with Gasteiger partial charge in [-0.15, -0.1) is 0 Å². The number of halogens is 1. The summed E-state index contributed by atoms with van der Waals surface area (Å²) < 4.78 is 0. The van der Waals surface area contributed by atoms with Gasteiger partial charge >= 0.3 is 0 Å². The van der Waals surface area contributed by atoms with Gasteiger partial charge in [0.05, 0.1) is 11.3 Å². The summed E-state index contributed by atoms with van der Waals surface area (Å²) in [5, 5.41) is 12.9. The lowest BCUT2D eigenvalue weighted by molar-refractivity contribution is 0.701. The van der Waals surface area contributed by atoms with Crippen LogP contribution in [0.2, 0.25) is 5.02 Å². The van der Waals surface area contributed by atoms with Gasteiger partial charge in [-0.3, -0.25) is 0 Å². The van der Waals surface area contributed by atoms with E-state index in [2.05, 4.69) is 24.6 Å². The van der Waals surface area contributed by atoms with Crippen molar-refractivity contribution in [3.63, 3.8) is 0 Å². The molecule has 0 amide bonds. The van der Waals surface area contributed by atoms with Crippen molar-refractivity contribution in [1.29, 1.82) is 5.26 Å². The molecule has 1 aromatic rings. The molecule has 0 aliphatic heterocycles. The van der Waals surface area contributed by atoms with Gasteiger partial charge in [-0.05, 0) is 36.1 Å². The number of nitriles is 1. The van der Waals surface area contributed by atoms with Crippen LogP contribution in [-0.4, -0.2) is 18.6 Å². The van der Waals surface area contributed by atoms with Gasteiger partial charge < -0.3 is 5.32 Å². The van der Waals surface area contributed by atoms with Gasteiger partial charge in [-0.2, -0.15) is 17.0 Å². The van der Waals surface area contributed by atoms with Crippen molar-refractivity contribution in [2.24, 2.45) is 5.92 Å². The van der Waals surface area contributed by atoms with E-state index in [1.807, 2.05) is 11.8 Å². The fraction of sp³-hybridized carbons (Fsp3) is 0.417. The summed E-state index contributed by atoms with van der Waals surface area (Å²) >= 11 is 7.72. The van der Waals surface area contributed by atoms with E-state index in [-0.39, 0.29) is 0 Å². The molecule has 0 fully saturated rings. The van der Waals surface area contributed by atoms with Gasteiger partial charge in [0.25, 0.3) is 0 Å². The van der Waals surface area contributed by atoms with Crippen LogP contribution in [0, 0.1) is 17.2 Å². The Balaban J connectivity index is 2.66. The molecule has 1 atom stereocenters. The Morgan fingerprint density at radius 1 is 1.56 bits per heavy atom. The molecule has 4 heteroatoms. The summed E-state index contributed by atoms with van der Waals surface area (Å²) in [6.07, 6.45) is 2.09. The Morgan fingerprint density at radius 3 is 2.94 bits per heavy atom. The molecule has 0 radical (unpaired) electrons. The third kappa shape index (κ3) is 3.96. The van der Waals surface area contributed by atoms with Crippen molar-refractivity contribution in [3.8, 4) is 6.07 Å².